The molecule has 2 N–H and O–H groups in total. The highest BCUT2D eigenvalue weighted by molar-refractivity contribution is 5.90. The molecule has 1 amide bonds. The number of nitrogens with one attached hydrogen (secondary N) is 2. The topological polar surface area (TPSA) is 106 Å². The van der Waals surface area contributed by atoms with Crippen LogP contribution in [0.25, 0.3) is 22.0 Å². The van der Waals surface area contributed by atoms with E-state index in [0.29, 0.717) is 40.3 Å². The number of imidazole rings is 1. The second-order valence-electron chi connectivity index (χ2n) is 8.80. The molecular formula is C29H27N3O5. The van der Waals surface area contributed by atoms with Gasteiger partial charge in [-0.1, -0.05) is 42.5 Å². The van der Waals surface area contributed by atoms with E-state index in [-0.39, 0.29) is 17.9 Å². The molecule has 0 unspecified atom stereocenters. The summed E-state index contributed by atoms with van der Waals surface area (Å²) in [5.41, 5.74) is 3.41. The quantitative estimate of drug-likeness (QED) is 0.303. The number of fused-ring (bicyclic) bond motifs is 2. The lowest BCUT2D eigenvalue weighted by Crippen LogP contribution is -2.33. The Morgan fingerprint density at radius 3 is 2.51 bits per heavy atom. The minimum Gasteiger partial charge on any atom is -0.493 e. The predicted molar refractivity (Wildman–Crippen MR) is 141 cm³/mol. The number of H-pyrrole nitrogens is 1. The lowest BCUT2D eigenvalue weighted by atomic mass is 10.0. The second-order valence-corrected chi connectivity index (χ2v) is 8.80. The minimum atomic E-state index is -0.588. The van der Waals surface area contributed by atoms with Gasteiger partial charge in [0.1, 0.15) is 5.82 Å². The summed E-state index contributed by atoms with van der Waals surface area (Å²) in [4.78, 5) is 34.3. The Morgan fingerprint density at radius 1 is 1.03 bits per heavy atom. The molecule has 0 bridgehead atoms. The summed E-state index contributed by atoms with van der Waals surface area (Å²) >= 11 is 0. The molecule has 0 saturated carbocycles. The maximum absolute atomic E-state index is 13.3. The van der Waals surface area contributed by atoms with Gasteiger partial charge in [0, 0.05) is 5.39 Å². The zero-order valence-corrected chi connectivity index (χ0v) is 20.8. The van der Waals surface area contributed by atoms with Crippen LogP contribution < -0.4 is 20.4 Å². The van der Waals surface area contributed by atoms with Gasteiger partial charge in [0.15, 0.2) is 11.3 Å². The first-order valence-electron chi connectivity index (χ1n) is 11.9. The molecule has 0 fully saturated rings. The number of aryl methyl sites for hydroxylation is 1. The smallest absolute Gasteiger partial charge is 0.340 e. The van der Waals surface area contributed by atoms with Crippen LogP contribution in [0, 0.1) is 6.92 Å². The van der Waals surface area contributed by atoms with Crippen LogP contribution in [0.3, 0.4) is 0 Å². The fourth-order valence-corrected chi connectivity index (χ4v) is 4.58. The van der Waals surface area contributed by atoms with Crippen molar-refractivity contribution >= 4 is 27.9 Å². The number of para-hydroxylation sites is 2. The molecule has 0 aliphatic carbocycles. The van der Waals surface area contributed by atoms with E-state index in [0.717, 1.165) is 16.6 Å². The van der Waals surface area contributed by atoms with Gasteiger partial charge in [0.2, 0.25) is 11.7 Å². The largest absolute Gasteiger partial charge is 0.493 e. The van der Waals surface area contributed by atoms with Gasteiger partial charge in [-0.15, -0.1) is 0 Å². The molecule has 2 aromatic heterocycles. The molecule has 37 heavy (non-hydrogen) atoms. The van der Waals surface area contributed by atoms with Crippen molar-refractivity contribution in [1.29, 1.82) is 0 Å². The molecule has 188 valence electrons. The monoisotopic (exact) mass is 497 g/mol. The van der Waals surface area contributed by atoms with Crippen LogP contribution >= 0.6 is 0 Å². The maximum atomic E-state index is 13.3. The Labute approximate surface area is 213 Å². The van der Waals surface area contributed by atoms with Crippen molar-refractivity contribution in [2.75, 3.05) is 14.2 Å². The predicted octanol–water partition coefficient (Wildman–Crippen LogP) is 4.64. The van der Waals surface area contributed by atoms with E-state index < -0.39 is 11.7 Å². The van der Waals surface area contributed by atoms with Crippen LogP contribution in [0.4, 0.5) is 0 Å². The zero-order chi connectivity index (χ0) is 25.9. The second kappa shape index (κ2) is 10.2. The van der Waals surface area contributed by atoms with Crippen LogP contribution in [-0.2, 0) is 17.6 Å². The fraction of sp³-hybridized carbons (Fsp3) is 0.207. The zero-order valence-electron chi connectivity index (χ0n) is 20.8. The van der Waals surface area contributed by atoms with E-state index in [2.05, 4.69) is 10.3 Å². The summed E-state index contributed by atoms with van der Waals surface area (Å²) in [7, 11) is 3.00. The first-order valence-corrected chi connectivity index (χ1v) is 11.9. The van der Waals surface area contributed by atoms with Crippen molar-refractivity contribution in [2.45, 2.75) is 25.8 Å². The van der Waals surface area contributed by atoms with Gasteiger partial charge < -0.3 is 24.2 Å². The number of hydrogen-bond acceptors (Lipinski definition) is 6. The van der Waals surface area contributed by atoms with Gasteiger partial charge in [-0.05, 0) is 48.7 Å². The first kappa shape index (κ1) is 24.1. The van der Waals surface area contributed by atoms with Crippen molar-refractivity contribution in [2.24, 2.45) is 0 Å². The van der Waals surface area contributed by atoms with E-state index in [1.54, 1.807) is 19.1 Å². The van der Waals surface area contributed by atoms with Gasteiger partial charge in [-0.3, -0.25) is 4.79 Å². The molecule has 2 heterocycles. The van der Waals surface area contributed by atoms with Crippen LogP contribution in [-0.4, -0.2) is 30.1 Å². The number of rotatable bonds is 8. The Bertz CT molecular complexity index is 1610. The number of nitrogens with zero attached hydrogens (tertiary/aromatic N) is 1. The SMILES string of the molecule is COc1ccc2c(C)c(CC(=O)N[C@H](Cc3ccccc3)c3nc4ccccc4[nH]3)c(=O)oc2c1OC. The Hall–Kier alpha value is -4.59. The summed E-state index contributed by atoms with van der Waals surface area (Å²) in [6.45, 7) is 1.80. The molecule has 3 aromatic carbocycles. The van der Waals surface area contributed by atoms with Crippen LogP contribution in [0.15, 0.2) is 75.9 Å². The third-order valence-electron chi connectivity index (χ3n) is 6.49. The number of aromatic nitrogens is 2. The van der Waals surface area contributed by atoms with Crippen LogP contribution in [0.1, 0.15) is 28.6 Å². The summed E-state index contributed by atoms with van der Waals surface area (Å²) in [5.74, 6) is 1.13. The molecule has 0 aliphatic heterocycles. The average Bonchev–Trinajstić information content (AvgIpc) is 3.35. The number of carbonyl (C=O) groups excluding carboxylic acids is 1. The maximum Gasteiger partial charge on any atom is 0.340 e. The van der Waals surface area contributed by atoms with E-state index >= 15 is 0 Å². The summed E-state index contributed by atoms with van der Waals surface area (Å²) in [6, 6.07) is 20.7. The number of ether oxygens (including phenoxy) is 2. The lowest BCUT2D eigenvalue weighted by Gasteiger charge is -2.18. The number of amides is 1. The van der Waals surface area contributed by atoms with Gasteiger partial charge in [-0.2, -0.15) is 0 Å². The minimum absolute atomic E-state index is 0.135. The number of aromatic amines is 1. The van der Waals surface area contributed by atoms with Crippen molar-refractivity contribution in [3.63, 3.8) is 0 Å². The van der Waals surface area contributed by atoms with Gasteiger partial charge in [0.25, 0.3) is 0 Å². The molecule has 5 aromatic rings. The number of methoxy groups -OCH3 is 2. The summed E-state index contributed by atoms with van der Waals surface area (Å²) in [6.07, 6.45) is 0.401. The molecule has 0 radical (unpaired) electrons. The van der Waals surface area contributed by atoms with E-state index in [1.807, 2.05) is 54.6 Å². The van der Waals surface area contributed by atoms with E-state index in [9.17, 15) is 9.59 Å². The molecule has 1 atom stereocenters. The van der Waals surface area contributed by atoms with E-state index in [4.69, 9.17) is 18.9 Å². The molecule has 8 nitrogen and oxygen atoms in total. The standard InChI is InChI=1S/C29H27N3O5/c1-17-19-13-14-24(35-2)27(36-3)26(19)37-29(34)20(17)16-25(33)30-23(15-18-9-5-4-6-10-18)28-31-21-11-7-8-12-22(21)32-28/h4-14,23H,15-16H2,1-3H3,(H,30,33)(H,31,32)/t23-/m1/s1. The fourth-order valence-electron chi connectivity index (χ4n) is 4.58. The van der Waals surface area contributed by atoms with Gasteiger partial charge in [0.05, 0.1) is 43.3 Å². The van der Waals surface area contributed by atoms with E-state index in [1.165, 1.54) is 14.2 Å². The number of benzene rings is 3. The Kier molecular flexibility index (Phi) is 6.64. The normalized spacial score (nSPS) is 12.0. The van der Waals surface area contributed by atoms with Crippen molar-refractivity contribution in [1.82, 2.24) is 15.3 Å². The highest BCUT2D eigenvalue weighted by Crippen LogP contribution is 2.36. The Morgan fingerprint density at radius 2 is 1.78 bits per heavy atom. The first-order chi connectivity index (χ1) is 18.0. The number of hydrogen-bond donors (Lipinski definition) is 2. The van der Waals surface area contributed by atoms with Crippen molar-refractivity contribution < 1.29 is 18.7 Å². The third kappa shape index (κ3) is 4.78. The molecule has 0 aliphatic rings. The van der Waals surface area contributed by atoms with Crippen LogP contribution in [0.2, 0.25) is 0 Å². The molecular weight excluding hydrogens is 470 g/mol. The van der Waals surface area contributed by atoms with Crippen molar-refractivity contribution in [3.8, 4) is 11.5 Å². The molecule has 5 rings (SSSR count). The molecule has 8 heteroatoms. The highest BCUT2D eigenvalue weighted by atomic mass is 16.5. The highest BCUT2D eigenvalue weighted by Gasteiger charge is 2.23. The molecule has 0 spiro atoms. The van der Waals surface area contributed by atoms with Gasteiger partial charge >= 0.3 is 5.63 Å². The molecule has 0 saturated heterocycles. The summed E-state index contributed by atoms with van der Waals surface area (Å²) in [5, 5.41) is 3.76. The van der Waals surface area contributed by atoms with Crippen LogP contribution in [0.5, 0.6) is 11.5 Å². The Balaban J connectivity index is 1.46. The lowest BCUT2D eigenvalue weighted by molar-refractivity contribution is -0.121. The average molecular weight is 498 g/mol. The van der Waals surface area contributed by atoms with Crippen molar-refractivity contribution in [3.05, 3.63) is 99.7 Å². The number of carbonyl (C=O) groups is 1. The third-order valence-corrected chi connectivity index (χ3v) is 6.49. The summed E-state index contributed by atoms with van der Waals surface area (Å²) < 4.78 is 16.3. The van der Waals surface area contributed by atoms with Gasteiger partial charge in [-0.25, -0.2) is 9.78 Å².